The van der Waals surface area contributed by atoms with Crippen LogP contribution in [-0.4, -0.2) is 26.5 Å². The molecule has 0 saturated carbocycles. The van der Waals surface area contributed by atoms with E-state index in [1.807, 2.05) is 0 Å². The van der Waals surface area contributed by atoms with E-state index in [2.05, 4.69) is 25.9 Å². The minimum atomic E-state index is -0.446. The number of rotatable bonds is 2. The number of carbonyl (C=O) groups excluding carboxylic acids is 1. The van der Waals surface area contributed by atoms with E-state index >= 15 is 0 Å². The molecule has 0 atom stereocenters. The molecule has 0 aliphatic carbocycles. The molecule has 0 radical (unpaired) electrons. The van der Waals surface area contributed by atoms with E-state index in [1.165, 1.54) is 0 Å². The van der Waals surface area contributed by atoms with Crippen molar-refractivity contribution in [2.24, 2.45) is 0 Å². The molecule has 1 aromatic heterocycles. The van der Waals surface area contributed by atoms with Crippen LogP contribution in [0.5, 0.6) is 0 Å². The SMILES string of the molecule is Nc1cccc(C(=O)Nc2nn[nH]n2)c1Cl. The van der Waals surface area contributed by atoms with E-state index in [-0.39, 0.29) is 16.5 Å². The number of halogens is 1. The van der Waals surface area contributed by atoms with Crippen molar-refractivity contribution in [3.8, 4) is 0 Å². The fourth-order valence-electron chi connectivity index (χ4n) is 1.11. The summed E-state index contributed by atoms with van der Waals surface area (Å²) in [6.45, 7) is 0. The van der Waals surface area contributed by atoms with Crippen LogP contribution in [-0.2, 0) is 0 Å². The molecule has 0 spiro atoms. The molecule has 82 valence electrons. The Hall–Kier alpha value is -2.15. The van der Waals surface area contributed by atoms with Gasteiger partial charge in [0.15, 0.2) is 0 Å². The predicted molar refractivity (Wildman–Crippen MR) is 58.0 cm³/mol. The summed E-state index contributed by atoms with van der Waals surface area (Å²) in [6, 6.07) is 4.79. The zero-order valence-corrected chi connectivity index (χ0v) is 8.69. The number of carbonyl (C=O) groups is 1. The van der Waals surface area contributed by atoms with Crippen molar-refractivity contribution in [1.82, 2.24) is 20.6 Å². The Balaban J connectivity index is 2.24. The molecule has 0 aliphatic rings. The largest absolute Gasteiger partial charge is 0.398 e. The highest BCUT2D eigenvalue weighted by Gasteiger charge is 2.13. The first kappa shape index (κ1) is 10.4. The van der Waals surface area contributed by atoms with E-state index in [0.717, 1.165) is 0 Å². The van der Waals surface area contributed by atoms with Gasteiger partial charge < -0.3 is 5.73 Å². The minimum Gasteiger partial charge on any atom is -0.398 e. The minimum absolute atomic E-state index is 0.0727. The zero-order valence-electron chi connectivity index (χ0n) is 7.94. The summed E-state index contributed by atoms with van der Waals surface area (Å²) in [5, 5.41) is 15.3. The van der Waals surface area contributed by atoms with E-state index in [0.29, 0.717) is 5.69 Å². The Morgan fingerprint density at radius 2 is 2.31 bits per heavy atom. The van der Waals surface area contributed by atoms with Gasteiger partial charge in [0.05, 0.1) is 16.3 Å². The van der Waals surface area contributed by atoms with Gasteiger partial charge in [-0.05, 0) is 17.3 Å². The standard InChI is InChI=1S/C8H7ClN6O/c9-6-4(2-1-3-5(6)10)7(16)11-8-12-14-15-13-8/h1-3H,10H2,(H2,11,12,13,14,15,16). The van der Waals surface area contributed by atoms with Crippen LogP contribution in [0.15, 0.2) is 18.2 Å². The Kier molecular flexibility index (Phi) is 2.69. The number of nitrogens with two attached hydrogens (primary N) is 1. The number of H-pyrrole nitrogens is 1. The monoisotopic (exact) mass is 238 g/mol. The molecule has 0 aliphatic heterocycles. The van der Waals surface area contributed by atoms with Crippen LogP contribution in [0.3, 0.4) is 0 Å². The topological polar surface area (TPSA) is 110 Å². The number of hydrogen-bond acceptors (Lipinski definition) is 5. The van der Waals surface area contributed by atoms with Gasteiger partial charge >= 0.3 is 0 Å². The normalized spacial score (nSPS) is 10.1. The lowest BCUT2D eigenvalue weighted by molar-refractivity contribution is 0.102. The maximum Gasteiger partial charge on any atom is 0.270 e. The van der Waals surface area contributed by atoms with E-state index in [9.17, 15) is 4.79 Å². The average Bonchev–Trinajstić information content (AvgIpc) is 2.74. The van der Waals surface area contributed by atoms with E-state index in [1.54, 1.807) is 18.2 Å². The van der Waals surface area contributed by atoms with Crippen LogP contribution in [0.2, 0.25) is 5.02 Å². The Morgan fingerprint density at radius 1 is 1.50 bits per heavy atom. The first-order valence-electron chi connectivity index (χ1n) is 4.27. The molecule has 1 amide bonds. The Labute approximate surface area is 95.0 Å². The lowest BCUT2D eigenvalue weighted by Gasteiger charge is -2.04. The number of aromatic amines is 1. The maximum atomic E-state index is 11.7. The van der Waals surface area contributed by atoms with Crippen molar-refractivity contribution in [2.45, 2.75) is 0 Å². The number of amides is 1. The van der Waals surface area contributed by atoms with Gasteiger partial charge in [-0.1, -0.05) is 22.8 Å². The number of nitrogens with zero attached hydrogens (tertiary/aromatic N) is 3. The van der Waals surface area contributed by atoms with Crippen molar-refractivity contribution < 1.29 is 4.79 Å². The highest BCUT2D eigenvalue weighted by molar-refractivity contribution is 6.36. The van der Waals surface area contributed by atoms with Crippen LogP contribution in [0.4, 0.5) is 11.6 Å². The van der Waals surface area contributed by atoms with Crippen LogP contribution in [0.25, 0.3) is 0 Å². The number of nitrogen functional groups attached to an aromatic ring is 1. The second kappa shape index (κ2) is 4.15. The molecule has 2 aromatic rings. The highest BCUT2D eigenvalue weighted by Crippen LogP contribution is 2.23. The summed E-state index contributed by atoms with van der Waals surface area (Å²) in [4.78, 5) is 11.7. The van der Waals surface area contributed by atoms with Gasteiger partial charge in [-0.15, -0.1) is 5.10 Å². The van der Waals surface area contributed by atoms with Crippen LogP contribution in [0.1, 0.15) is 10.4 Å². The molecule has 16 heavy (non-hydrogen) atoms. The molecule has 0 unspecified atom stereocenters. The quantitative estimate of drug-likeness (QED) is 0.667. The fourth-order valence-corrected chi connectivity index (χ4v) is 1.32. The third kappa shape index (κ3) is 1.94. The third-order valence-corrected chi connectivity index (χ3v) is 2.27. The first-order valence-corrected chi connectivity index (χ1v) is 4.65. The van der Waals surface area contributed by atoms with E-state index in [4.69, 9.17) is 17.3 Å². The number of benzene rings is 1. The molecule has 7 nitrogen and oxygen atoms in total. The summed E-state index contributed by atoms with van der Waals surface area (Å²) in [6.07, 6.45) is 0. The molecule has 1 heterocycles. The van der Waals surface area contributed by atoms with Gasteiger partial charge in [0.25, 0.3) is 11.9 Å². The van der Waals surface area contributed by atoms with Gasteiger partial charge in [-0.2, -0.15) is 5.21 Å². The molecular weight excluding hydrogens is 232 g/mol. The smallest absolute Gasteiger partial charge is 0.270 e. The van der Waals surface area contributed by atoms with Gasteiger partial charge in [0.1, 0.15) is 0 Å². The third-order valence-electron chi connectivity index (χ3n) is 1.84. The van der Waals surface area contributed by atoms with Crippen LogP contribution < -0.4 is 11.1 Å². The van der Waals surface area contributed by atoms with Crippen LogP contribution >= 0.6 is 11.6 Å². The average molecular weight is 239 g/mol. The molecule has 0 bridgehead atoms. The summed E-state index contributed by atoms with van der Waals surface area (Å²) in [7, 11) is 0. The lowest BCUT2D eigenvalue weighted by atomic mass is 10.2. The highest BCUT2D eigenvalue weighted by atomic mass is 35.5. The van der Waals surface area contributed by atoms with Crippen molar-refractivity contribution >= 4 is 29.1 Å². The fraction of sp³-hybridized carbons (Fsp3) is 0. The second-order valence-electron chi connectivity index (χ2n) is 2.90. The molecule has 1 aromatic carbocycles. The van der Waals surface area contributed by atoms with Crippen molar-refractivity contribution in [2.75, 3.05) is 11.1 Å². The summed E-state index contributed by atoms with van der Waals surface area (Å²) < 4.78 is 0. The number of tetrazole rings is 1. The van der Waals surface area contributed by atoms with Crippen LogP contribution in [0, 0.1) is 0 Å². The summed E-state index contributed by atoms with van der Waals surface area (Å²) in [5.74, 6) is -0.373. The van der Waals surface area contributed by atoms with E-state index < -0.39 is 5.91 Å². The molecule has 8 heteroatoms. The van der Waals surface area contributed by atoms with Gasteiger partial charge in [0.2, 0.25) is 0 Å². The number of aromatic nitrogens is 4. The molecule has 4 N–H and O–H groups in total. The maximum absolute atomic E-state index is 11.7. The van der Waals surface area contributed by atoms with Crippen molar-refractivity contribution in [1.29, 1.82) is 0 Å². The lowest BCUT2D eigenvalue weighted by Crippen LogP contribution is -2.14. The predicted octanol–water partition coefficient (Wildman–Crippen LogP) is 0.688. The van der Waals surface area contributed by atoms with Crippen molar-refractivity contribution in [3.05, 3.63) is 28.8 Å². The first-order chi connectivity index (χ1) is 7.68. The molecular formula is C8H7ClN6O. The summed E-state index contributed by atoms with van der Waals surface area (Å²) >= 11 is 5.88. The van der Waals surface area contributed by atoms with Gasteiger partial charge in [0, 0.05) is 0 Å². The Bertz CT molecular complexity index is 511. The second-order valence-corrected chi connectivity index (χ2v) is 3.28. The Morgan fingerprint density at radius 3 is 3.00 bits per heavy atom. The molecule has 0 saturated heterocycles. The summed E-state index contributed by atoms with van der Waals surface area (Å²) in [5.41, 5.74) is 6.16. The van der Waals surface area contributed by atoms with Gasteiger partial charge in [-0.25, -0.2) is 0 Å². The molecule has 2 rings (SSSR count). The van der Waals surface area contributed by atoms with Gasteiger partial charge in [-0.3, -0.25) is 10.1 Å². The number of hydrogen-bond donors (Lipinski definition) is 3. The molecule has 0 fully saturated rings. The number of anilines is 2. The van der Waals surface area contributed by atoms with Crippen molar-refractivity contribution in [3.63, 3.8) is 0 Å². The zero-order chi connectivity index (χ0) is 11.5. The number of nitrogens with one attached hydrogen (secondary N) is 2.